The predicted octanol–water partition coefficient (Wildman–Crippen LogP) is 4.02. The fraction of sp³-hybridized carbons (Fsp3) is 0.481. The van der Waals surface area contributed by atoms with Crippen molar-refractivity contribution in [1.82, 2.24) is 9.80 Å². The largest absolute Gasteiger partial charge is 0.508 e. The van der Waals surface area contributed by atoms with Crippen LogP contribution in [0.1, 0.15) is 65.0 Å². The minimum atomic E-state index is 0. The standard InChI is InChI=1S/C14H17NO3.C12H13NO2.CH4/c1-17-9-18-12-4-5-13-10(8-12)6-7-15(14(13)16)11-2-3-11;14-10-3-4-11-8(7-10)5-6-13(12(11)15)9-1-2-9;/h4-5,8,11H,2-3,6-7,9H2,1H3;3-4,7,9,14H,1-2,5-6H2;1H4. The summed E-state index contributed by atoms with van der Waals surface area (Å²) in [5.41, 5.74) is 3.67. The van der Waals surface area contributed by atoms with E-state index in [1.807, 2.05) is 28.0 Å². The third-order valence-electron chi connectivity index (χ3n) is 6.71. The Morgan fingerprint density at radius 1 is 0.853 bits per heavy atom. The van der Waals surface area contributed by atoms with E-state index in [1.54, 1.807) is 25.3 Å². The van der Waals surface area contributed by atoms with Crippen LogP contribution in [-0.2, 0) is 17.6 Å². The van der Waals surface area contributed by atoms with Crippen molar-refractivity contribution in [3.63, 3.8) is 0 Å². The summed E-state index contributed by atoms with van der Waals surface area (Å²) in [5, 5.41) is 9.34. The monoisotopic (exact) mass is 466 g/mol. The van der Waals surface area contributed by atoms with Gasteiger partial charge in [-0.15, -0.1) is 0 Å². The van der Waals surface area contributed by atoms with Crippen molar-refractivity contribution in [2.24, 2.45) is 0 Å². The molecule has 2 aromatic rings. The van der Waals surface area contributed by atoms with Crippen molar-refractivity contribution in [2.45, 2.75) is 58.0 Å². The van der Waals surface area contributed by atoms with Gasteiger partial charge in [-0.05, 0) is 86.1 Å². The maximum atomic E-state index is 12.3. The van der Waals surface area contributed by atoms with Gasteiger partial charge in [-0.1, -0.05) is 7.43 Å². The summed E-state index contributed by atoms with van der Waals surface area (Å²) in [4.78, 5) is 28.3. The predicted molar refractivity (Wildman–Crippen MR) is 129 cm³/mol. The lowest BCUT2D eigenvalue weighted by atomic mass is 9.98. The van der Waals surface area contributed by atoms with Crippen molar-refractivity contribution < 1.29 is 24.2 Å². The summed E-state index contributed by atoms with van der Waals surface area (Å²) < 4.78 is 10.3. The number of fused-ring (bicyclic) bond motifs is 2. The second kappa shape index (κ2) is 10.1. The smallest absolute Gasteiger partial charge is 0.254 e. The molecule has 0 saturated heterocycles. The highest BCUT2D eigenvalue weighted by molar-refractivity contribution is 5.98. The van der Waals surface area contributed by atoms with Gasteiger partial charge < -0.3 is 24.4 Å². The van der Waals surface area contributed by atoms with Crippen molar-refractivity contribution in [1.29, 1.82) is 0 Å². The molecule has 0 spiro atoms. The van der Waals surface area contributed by atoms with Gasteiger partial charge in [0.15, 0.2) is 6.79 Å². The average molecular weight is 467 g/mol. The molecule has 0 atom stereocenters. The molecule has 0 aromatic heterocycles. The normalized spacial score (nSPS) is 18.9. The lowest BCUT2D eigenvalue weighted by Gasteiger charge is -2.28. The number of aromatic hydroxyl groups is 1. The van der Waals surface area contributed by atoms with Gasteiger partial charge in [0.05, 0.1) is 0 Å². The summed E-state index contributed by atoms with van der Waals surface area (Å²) in [5.74, 6) is 1.33. The second-order valence-corrected chi connectivity index (χ2v) is 9.17. The molecule has 0 bridgehead atoms. The van der Waals surface area contributed by atoms with E-state index in [1.165, 1.54) is 0 Å². The van der Waals surface area contributed by atoms with Crippen LogP contribution in [-0.4, -0.2) is 65.8 Å². The number of methoxy groups -OCH3 is 1. The van der Waals surface area contributed by atoms with Crippen LogP contribution < -0.4 is 4.74 Å². The molecule has 7 heteroatoms. The fourth-order valence-corrected chi connectivity index (χ4v) is 4.66. The van der Waals surface area contributed by atoms with Crippen LogP contribution in [0.5, 0.6) is 11.5 Å². The number of hydrogen-bond acceptors (Lipinski definition) is 5. The van der Waals surface area contributed by atoms with Gasteiger partial charge in [0.2, 0.25) is 0 Å². The van der Waals surface area contributed by atoms with E-state index in [-0.39, 0.29) is 31.8 Å². The number of hydrogen-bond donors (Lipinski definition) is 1. The van der Waals surface area contributed by atoms with Gasteiger partial charge in [-0.2, -0.15) is 0 Å². The maximum Gasteiger partial charge on any atom is 0.254 e. The van der Waals surface area contributed by atoms with Gasteiger partial charge >= 0.3 is 0 Å². The number of phenols is 1. The van der Waals surface area contributed by atoms with Crippen molar-refractivity contribution in [3.05, 3.63) is 58.7 Å². The summed E-state index contributed by atoms with van der Waals surface area (Å²) in [7, 11) is 1.59. The Bertz CT molecular complexity index is 1060. The first-order valence-corrected chi connectivity index (χ1v) is 11.7. The SMILES string of the molecule is C.COCOc1ccc2c(c1)CCN(C1CC1)C2=O.O=C1c2ccc(O)cc2CCN1C1CC1. The molecule has 0 radical (unpaired) electrons. The van der Waals surface area contributed by atoms with E-state index in [0.717, 1.165) is 79.6 Å². The minimum Gasteiger partial charge on any atom is -0.508 e. The fourth-order valence-electron chi connectivity index (χ4n) is 4.66. The van der Waals surface area contributed by atoms with Crippen molar-refractivity contribution in [2.75, 3.05) is 27.0 Å². The topological polar surface area (TPSA) is 79.3 Å². The van der Waals surface area contributed by atoms with E-state index < -0.39 is 0 Å². The molecule has 182 valence electrons. The number of ether oxygens (including phenoxy) is 2. The second-order valence-electron chi connectivity index (χ2n) is 9.17. The molecule has 2 aliphatic carbocycles. The minimum absolute atomic E-state index is 0. The molecule has 2 aliphatic heterocycles. The molecule has 2 heterocycles. The molecule has 2 amide bonds. The van der Waals surface area contributed by atoms with Crippen LogP contribution >= 0.6 is 0 Å². The Hall–Kier alpha value is -3.06. The van der Waals surface area contributed by atoms with Gasteiger partial charge in [-0.25, -0.2) is 0 Å². The Kier molecular flexibility index (Phi) is 7.12. The zero-order valence-corrected chi connectivity index (χ0v) is 19.0. The third-order valence-corrected chi connectivity index (χ3v) is 6.71. The van der Waals surface area contributed by atoms with Gasteiger partial charge in [-0.3, -0.25) is 9.59 Å². The molecule has 4 aliphatic rings. The molecule has 0 unspecified atom stereocenters. The molecule has 2 fully saturated rings. The zero-order valence-electron chi connectivity index (χ0n) is 19.0. The number of nitrogens with zero attached hydrogens (tertiary/aromatic N) is 2. The number of carbonyl (C=O) groups is 2. The summed E-state index contributed by atoms with van der Waals surface area (Å²) in [6, 6.07) is 11.7. The lowest BCUT2D eigenvalue weighted by molar-refractivity contribution is 0.0510. The van der Waals surface area contributed by atoms with Crippen LogP contribution in [0.2, 0.25) is 0 Å². The highest BCUT2D eigenvalue weighted by atomic mass is 16.7. The molecule has 6 rings (SSSR count). The zero-order chi connectivity index (χ0) is 22.9. The highest BCUT2D eigenvalue weighted by Gasteiger charge is 2.36. The first kappa shape index (κ1) is 24.1. The van der Waals surface area contributed by atoms with E-state index >= 15 is 0 Å². The average Bonchev–Trinajstić information content (AvgIpc) is 3.72. The third kappa shape index (κ3) is 5.04. The van der Waals surface area contributed by atoms with Crippen LogP contribution in [0.25, 0.3) is 0 Å². The van der Waals surface area contributed by atoms with E-state index in [0.29, 0.717) is 12.1 Å². The van der Waals surface area contributed by atoms with Gasteiger partial charge in [0.25, 0.3) is 11.8 Å². The molecular weight excluding hydrogens is 432 g/mol. The molecule has 1 N–H and O–H groups in total. The summed E-state index contributed by atoms with van der Waals surface area (Å²) >= 11 is 0. The van der Waals surface area contributed by atoms with Crippen molar-refractivity contribution >= 4 is 11.8 Å². The Balaban J connectivity index is 0.000000159. The van der Waals surface area contributed by atoms with Crippen molar-refractivity contribution in [3.8, 4) is 11.5 Å². The van der Waals surface area contributed by atoms with E-state index in [9.17, 15) is 14.7 Å². The van der Waals surface area contributed by atoms with E-state index in [2.05, 4.69) is 0 Å². The molecule has 2 saturated carbocycles. The summed E-state index contributed by atoms with van der Waals surface area (Å²) in [6.45, 7) is 1.88. The number of rotatable bonds is 5. The Morgan fingerprint density at radius 3 is 1.91 bits per heavy atom. The number of benzene rings is 2. The Morgan fingerprint density at radius 2 is 1.38 bits per heavy atom. The quantitative estimate of drug-likeness (QED) is 0.674. The van der Waals surface area contributed by atoms with E-state index in [4.69, 9.17) is 9.47 Å². The number of amides is 2. The van der Waals surface area contributed by atoms with Crippen LogP contribution in [0.4, 0.5) is 0 Å². The van der Waals surface area contributed by atoms with Crippen LogP contribution in [0.15, 0.2) is 36.4 Å². The van der Waals surface area contributed by atoms with Crippen LogP contribution in [0, 0.1) is 0 Å². The highest BCUT2D eigenvalue weighted by Crippen LogP contribution is 2.33. The number of carbonyl (C=O) groups excluding carboxylic acids is 2. The first-order chi connectivity index (χ1) is 16.0. The Labute approximate surface area is 201 Å². The molecular formula is C27H34N2O5. The maximum absolute atomic E-state index is 12.3. The molecule has 34 heavy (non-hydrogen) atoms. The van der Waals surface area contributed by atoms with Gasteiger partial charge in [0, 0.05) is 43.4 Å². The van der Waals surface area contributed by atoms with Crippen LogP contribution in [0.3, 0.4) is 0 Å². The number of phenolic OH excluding ortho intramolecular Hbond substituents is 1. The van der Waals surface area contributed by atoms with Gasteiger partial charge in [0.1, 0.15) is 11.5 Å². The molecule has 2 aromatic carbocycles. The lowest BCUT2D eigenvalue weighted by Crippen LogP contribution is -2.39. The molecule has 7 nitrogen and oxygen atoms in total. The first-order valence-electron chi connectivity index (χ1n) is 11.7. The summed E-state index contributed by atoms with van der Waals surface area (Å²) in [6.07, 6.45) is 6.41.